The minimum atomic E-state index is -0.0952. The van der Waals surface area contributed by atoms with Gasteiger partial charge in [0, 0.05) is 38.3 Å². The minimum Gasteiger partial charge on any atom is -0.497 e. The van der Waals surface area contributed by atoms with Gasteiger partial charge in [-0.3, -0.25) is 14.6 Å². The second-order valence-corrected chi connectivity index (χ2v) is 11.9. The van der Waals surface area contributed by atoms with E-state index in [0.29, 0.717) is 6.54 Å². The SMILES string of the molecule is COc1ccc(OC)c(CN2CCN(CC(=O)N/N=C/c3cc(C(C)(C)C)cc(C(C)(C)C)c3)CC2)c1. The van der Waals surface area contributed by atoms with Crippen LogP contribution in [-0.4, -0.2) is 68.9 Å². The normalized spacial score (nSPS) is 15.7. The van der Waals surface area contributed by atoms with Gasteiger partial charge in [0.1, 0.15) is 11.5 Å². The van der Waals surface area contributed by atoms with Crippen LogP contribution in [0.2, 0.25) is 0 Å². The van der Waals surface area contributed by atoms with Crippen molar-refractivity contribution < 1.29 is 14.3 Å². The molecule has 0 saturated carbocycles. The first-order valence-corrected chi connectivity index (χ1v) is 13.0. The molecule has 202 valence electrons. The summed E-state index contributed by atoms with van der Waals surface area (Å²) in [6.07, 6.45) is 1.75. The van der Waals surface area contributed by atoms with Crippen molar-refractivity contribution in [2.24, 2.45) is 5.10 Å². The van der Waals surface area contributed by atoms with Gasteiger partial charge in [-0.1, -0.05) is 47.6 Å². The van der Waals surface area contributed by atoms with Crippen LogP contribution in [0.15, 0.2) is 41.5 Å². The maximum absolute atomic E-state index is 12.6. The summed E-state index contributed by atoms with van der Waals surface area (Å²) < 4.78 is 10.9. The zero-order valence-corrected chi connectivity index (χ0v) is 23.9. The Hall–Kier alpha value is -2.90. The van der Waals surface area contributed by atoms with E-state index in [1.54, 1.807) is 20.4 Å². The number of amides is 1. The topological polar surface area (TPSA) is 66.4 Å². The van der Waals surface area contributed by atoms with Crippen molar-refractivity contribution in [2.45, 2.75) is 58.9 Å². The average molecular weight is 509 g/mol. The predicted molar refractivity (Wildman–Crippen MR) is 151 cm³/mol. The number of nitrogens with zero attached hydrogens (tertiary/aromatic N) is 3. The number of hydrazone groups is 1. The van der Waals surface area contributed by atoms with Crippen LogP contribution < -0.4 is 14.9 Å². The predicted octanol–water partition coefficient (Wildman–Crippen LogP) is 4.57. The van der Waals surface area contributed by atoms with Gasteiger partial charge in [-0.25, -0.2) is 5.43 Å². The lowest BCUT2D eigenvalue weighted by atomic mass is 9.80. The molecule has 0 aromatic heterocycles. The molecule has 0 aliphatic carbocycles. The molecule has 37 heavy (non-hydrogen) atoms. The lowest BCUT2D eigenvalue weighted by Crippen LogP contribution is -2.48. The van der Waals surface area contributed by atoms with E-state index in [0.717, 1.165) is 55.3 Å². The van der Waals surface area contributed by atoms with Crippen LogP contribution in [0.3, 0.4) is 0 Å². The first-order chi connectivity index (χ1) is 17.4. The molecule has 0 spiro atoms. The van der Waals surface area contributed by atoms with Gasteiger partial charge >= 0.3 is 0 Å². The zero-order valence-electron chi connectivity index (χ0n) is 23.9. The summed E-state index contributed by atoms with van der Waals surface area (Å²) >= 11 is 0. The number of hydrogen-bond donors (Lipinski definition) is 1. The average Bonchev–Trinajstić information content (AvgIpc) is 2.84. The van der Waals surface area contributed by atoms with Crippen LogP contribution in [0, 0.1) is 0 Å². The Bertz CT molecular complexity index is 1060. The van der Waals surface area contributed by atoms with Crippen molar-refractivity contribution >= 4 is 12.1 Å². The fourth-order valence-electron chi connectivity index (χ4n) is 4.36. The molecular formula is C30H44N4O3. The van der Waals surface area contributed by atoms with Crippen molar-refractivity contribution in [1.82, 2.24) is 15.2 Å². The number of nitrogens with one attached hydrogen (secondary N) is 1. The van der Waals surface area contributed by atoms with E-state index in [2.05, 4.69) is 80.1 Å². The van der Waals surface area contributed by atoms with E-state index in [1.807, 2.05) is 18.2 Å². The van der Waals surface area contributed by atoms with Gasteiger partial charge in [-0.15, -0.1) is 0 Å². The van der Waals surface area contributed by atoms with Crippen LogP contribution in [0.1, 0.15) is 63.8 Å². The van der Waals surface area contributed by atoms with Crippen LogP contribution in [0.5, 0.6) is 11.5 Å². The van der Waals surface area contributed by atoms with E-state index in [1.165, 1.54) is 11.1 Å². The summed E-state index contributed by atoms with van der Waals surface area (Å²) in [6, 6.07) is 12.5. The first-order valence-electron chi connectivity index (χ1n) is 13.0. The van der Waals surface area contributed by atoms with E-state index in [9.17, 15) is 4.79 Å². The van der Waals surface area contributed by atoms with Gasteiger partial charge in [0.15, 0.2) is 0 Å². The van der Waals surface area contributed by atoms with Gasteiger partial charge in [-0.2, -0.15) is 5.10 Å². The van der Waals surface area contributed by atoms with E-state index < -0.39 is 0 Å². The standard InChI is InChI=1S/C30H44N4O3/c1-29(2,3)24-15-22(16-25(18-24)30(4,5)6)19-31-32-28(35)21-34-13-11-33(12-14-34)20-23-17-26(36-7)9-10-27(23)37-8/h9-10,15-19H,11-14,20-21H2,1-8H3,(H,32,35)/b31-19+. The van der Waals surface area contributed by atoms with Gasteiger partial charge in [-0.05, 0) is 57.9 Å². The minimum absolute atomic E-state index is 0.0347. The van der Waals surface area contributed by atoms with Crippen molar-refractivity contribution in [2.75, 3.05) is 46.9 Å². The van der Waals surface area contributed by atoms with Gasteiger partial charge in [0.05, 0.1) is 27.0 Å². The van der Waals surface area contributed by atoms with Gasteiger partial charge in [0.2, 0.25) is 0 Å². The molecule has 1 fully saturated rings. The Labute approximate surface area is 222 Å². The smallest absolute Gasteiger partial charge is 0.254 e. The van der Waals surface area contributed by atoms with Crippen LogP contribution >= 0.6 is 0 Å². The highest BCUT2D eigenvalue weighted by atomic mass is 16.5. The Morgan fingerprint density at radius 2 is 1.49 bits per heavy atom. The summed E-state index contributed by atoms with van der Waals surface area (Å²) in [5, 5.41) is 4.27. The molecule has 1 amide bonds. The third kappa shape index (κ3) is 8.30. The summed E-state index contributed by atoms with van der Waals surface area (Å²) in [5.41, 5.74) is 7.41. The van der Waals surface area contributed by atoms with Crippen molar-refractivity contribution in [3.05, 3.63) is 58.7 Å². The molecule has 0 unspecified atom stereocenters. The Morgan fingerprint density at radius 1 is 0.892 bits per heavy atom. The van der Waals surface area contributed by atoms with Gasteiger partial charge in [0.25, 0.3) is 5.91 Å². The number of benzene rings is 2. The summed E-state index contributed by atoms with van der Waals surface area (Å²) in [6.45, 7) is 17.8. The molecule has 0 atom stereocenters. The molecule has 1 heterocycles. The second-order valence-electron chi connectivity index (χ2n) is 11.9. The zero-order chi connectivity index (χ0) is 27.2. The molecule has 1 aliphatic rings. The first kappa shape index (κ1) is 28.7. The molecule has 1 N–H and O–H groups in total. The molecule has 0 bridgehead atoms. The van der Waals surface area contributed by atoms with Crippen molar-refractivity contribution in [3.63, 3.8) is 0 Å². The quantitative estimate of drug-likeness (QED) is 0.418. The highest BCUT2D eigenvalue weighted by Crippen LogP contribution is 2.30. The summed E-state index contributed by atoms with van der Waals surface area (Å²) in [4.78, 5) is 17.1. The number of hydrogen-bond acceptors (Lipinski definition) is 6. The number of carbonyl (C=O) groups is 1. The fourth-order valence-corrected chi connectivity index (χ4v) is 4.36. The van der Waals surface area contributed by atoms with Crippen molar-refractivity contribution in [3.8, 4) is 11.5 Å². The third-order valence-corrected chi connectivity index (χ3v) is 6.80. The molecule has 2 aromatic rings. The number of ether oxygens (including phenoxy) is 2. The molecular weight excluding hydrogens is 464 g/mol. The molecule has 1 saturated heterocycles. The van der Waals surface area contributed by atoms with Crippen LogP contribution in [-0.2, 0) is 22.2 Å². The van der Waals surface area contributed by atoms with E-state index >= 15 is 0 Å². The number of methoxy groups -OCH3 is 2. The lowest BCUT2D eigenvalue weighted by molar-refractivity contribution is -0.122. The van der Waals surface area contributed by atoms with Gasteiger partial charge < -0.3 is 9.47 Å². The monoisotopic (exact) mass is 508 g/mol. The number of carbonyl (C=O) groups excluding carboxylic acids is 1. The maximum Gasteiger partial charge on any atom is 0.254 e. The number of rotatable bonds is 8. The second kappa shape index (κ2) is 12.1. The molecule has 2 aromatic carbocycles. The number of piperazine rings is 1. The highest BCUT2D eigenvalue weighted by Gasteiger charge is 2.21. The highest BCUT2D eigenvalue weighted by molar-refractivity contribution is 5.83. The molecule has 7 nitrogen and oxygen atoms in total. The van der Waals surface area contributed by atoms with Crippen LogP contribution in [0.25, 0.3) is 0 Å². The summed E-state index contributed by atoms with van der Waals surface area (Å²) in [5.74, 6) is 1.59. The Balaban J connectivity index is 1.52. The van der Waals surface area contributed by atoms with E-state index in [-0.39, 0.29) is 16.7 Å². The van der Waals surface area contributed by atoms with E-state index in [4.69, 9.17) is 9.47 Å². The van der Waals surface area contributed by atoms with Crippen LogP contribution in [0.4, 0.5) is 0 Å². The lowest BCUT2D eigenvalue weighted by Gasteiger charge is -2.34. The molecule has 0 radical (unpaired) electrons. The van der Waals surface area contributed by atoms with Crippen molar-refractivity contribution in [1.29, 1.82) is 0 Å². The third-order valence-electron chi connectivity index (χ3n) is 6.80. The Kier molecular flexibility index (Phi) is 9.37. The fraction of sp³-hybridized carbons (Fsp3) is 0.533. The molecule has 7 heteroatoms. The largest absolute Gasteiger partial charge is 0.497 e. The maximum atomic E-state index is 12.6. The molecule has 3 rings (SSSR count). The molecule has 1 aliphatic heterocycles. The Morgan fingerprint density at radius 3 is 2.03 bits per heavy atom. The summed E-state index contributed by atoms with van der Waals surface area (Å²) in [7, 11) is 3.36.